The van der Waals surface area contributed by atoms with E-state index in [0.717, 1.165) is 67.8 Å². The maximum absolute atomic E-state index is 12.4. The van der Waals surface area contributed by atoms with Gasteiger partial charge in [-0.1, -0.05) is 37.3 Å². The van der Waals surface area contributed by atoms with Crippen LogP contribution in [0.15, 0.2) is 84.9 Å². The lowest BCUT2D eigenvalue weighted by Crippen LogP contribution is -2.28. The average molecular weight is 645 g/mol. The number of anilines is 2. The van der Waals surface area contributed by atoms with Gasteiger partial charge in [0.05, 0.1) is 0 Å². The van der Waals surface area contributed by atoms with Crippen molar-refractivity contribution in [1.82, 2.24) is 0 Å². The SMILES string of the molecule is CCc1ccc(NC(=O)c2ccc3c(c2)CCC(N)C3)cc1.NC1CCc2cc(C(=O)Nc3cccc(OC(F)(F)F)c3)ccc2C1. The second-order valence-electron chi connectivity index (χ2n) is 12.0. The van der Waals surface area contributed by atoms with Crippen LogP contribution >= 0.6 is 0 Å². The van der Waals surface area contributed by atoms with Crippen LogP contribution in [0.1, 0.15) is 68.3 Å². The second kappa shape index (κ2) is 14.8. The van der Waals surface area contributed by atoms with Gasteiger partial charge >= 0.3 is 6.36 Å². The molecule has 0 saturated heterocycles. The van der Waals surface area contributed by atoms with Crippen molar-refractivity contribution in [2.75, 3.05) is 10.6 Å². The third-order valence-electron chi connectivity index (χ3n) is 8.42. The van der Waals surface area contributed by atoms with Crippen molar-refractivity contribution < 1.29 is 27.5 Å². The first kappa shape index (κ1) is 33.7. The van der Waals surface area contributed by atoms with Gasteiger partial charge in [-0.05, 0) is 121 Å². The topological polar surface area (TPSA) is 119 Å². The van der Waals surface area contributed by atoms with Crippen LogP contribution in [0, 0.1) is 0 Å². The molecule has 10 heteroatoms. The van der Waals surface area contributed by atoms with E-state index in [4.69, 9.17) is 11.5 Å². The Kier molecular flexibility index (Phi) is 10.6. The van der Waals surface area contributed by atoms with Gasteiger partial charge in [0.25, 0.3) is 11.8 Å². The Morgan fingerprint density at radius 3 is 1.77 bits per heavy atom. The van der Waals surface area contributed by atoms with E-state index in [-0.39, 0.29) is 35.3 Å². The van der Waals surface area contributed by atoms with Gasteiger partial charge in [-0.25, -0.2) is 0 Å². The van der Waals surface area contributed by atoms with Crippen LogP contribution in [-0.4, -0.2) is 30.3 Å². The van der Waals surface area contributed by atoms with Crippen molar-refractivity contribution in [3.05, 3.63) is 124 Å². The van der Waals surface area contributed by atoms with Crippen LogP contribution in [-0.2, 0) is 32.1 Å². The number of ether oxygens (including phenoxy) is 1. The van der Waals surface area contributed by atoms with Gasteiger partial charge in [-0.2, -0.15) is 0 Å². The molecule has 6 rings (SSSR count). The summed E-state index contributed by atoms with van der Waals surface area (Å²) in [5.41, 5.74) is 20.2. The number of carbonyl (C=O) groups is 2. The fourth-order valence-electron chi connectivity index (χ4n) is 5.85. The van der Waals surface area contributed by atoms with E-state index in [1.165, 1.54) is 34.9 Å². The molecule has 0 aromatic heterocycles. The number of nitrogens with two attached hydrogens (primary N) is 2. The first-order chi connectivity index (χ1) is 22.5. The largest absolute Gasteiger partial charge is 0.573 e. The van der Waals surface area contributed by atoms with E-state index in [1.54, 1.807) is 6.07 Å². The molecular formula is C37H39F3N4O3. The number of benzene rings is 4. The minimum atomic E-state index is -4.78. The van der Waals surface area contributed by atoms with Crippen molar-refractivity contribution in [2.45, 2.75) is 70.3 Å². The predicted molar refractivity (Wildman–Crippen MR) is 178 cm³/mol. The summed E-state index contributed by atoms with van der Waals surface area (Å²) < 4.78 is 40.7. The Bertz CT molecular complexity index is 1720. The Morgan fingerprint density at radius 2 is 1.26 bits per heavy atom. The van der Waals surface area contributed by atoms with E-state index in [9.17, 15) is 22.8 Å². The Labute approximate surface area is 272 Å². The van der Waals surface area contributed by atoms with Crippen molar-refractivity contribution in [2.24, 2.45) is 11.5 Å². The van der Waals surface area contributed by atoms with Crippen LogP contribution in [0.2, 0.25) is 0 Å². The van der Waals surface area contributed by atoms with Gasteiger partial charge in [-0.3, -0.25) is 9.59 Å². The maximum Gasteiger partial charge on any atom is 0.573 e. The molecule has 2 aliphatic rings. The number of halogens is 3. The molecule has 246 valence electrons. The van der Waals surface area contributed by atoms with Crippen LogP contribution in [0.3, 0.4) is 0 Å². The highest BCUT2D eigenvalue weighted by Crippen LogP contribution is 2.27. The highest BCUT2D eigenvalue weighted by molar-refractivity contribution is 6.05. The summed E-state index contributed by atoms with van der Waals surface area (Å²) in [6.45, 7) is 2.12. The predicted octanol–water partition coefficient (Wildman–Crippen LogP) is 6.97. The number of hydrogen-bond acceptors (Lipinski definition) is 5. The lowest BCUT2D eigenvalue weighted by atomic mass is 9.87. The number of alkyl halides is 3. The third-order valence-corrected chi connectivity index (χ3v) is 8.42. The summed E-state index contributed by atoms with van der Waals surface area (Å²) in [7, 11) is 0. The summed E-state index contributed by atoms with van der Waals surface area (Å²) in [6.07, 6.45) is 1.56. The zero-order chi connectivity index (χ0) is 33.6. The first-order valence-corrected chi connectivity index (χ1v) is 15.8. The zero-order valence-electron chi connectivity index (χ0n) is 26.2. The molecule has 7 nitrogen and oxygen atoms in total. The minimum absolute atomic E-state index is 0.0538. The van der Waals surface area contributed by atoms with Crippen LogP contribution in [0.4, 0.5) is 24.5 Å². The molecule has 2 unspecified atom stereocenters. The minimum Gasteiger partial charge on any atom is -0.406 e. The van der Waals surface area contributed by atoms with E-state index in [1.807, 2.05) is 54.6 Å². The van der Waals surface area contributed by atoms with E-state index in [2.05, 4.69) is 22.3 Å². The molecule has 4 aromatic carbocycles. The molecule has 0 fully saturated rings. The van der Waals surface area contributed by atoms with E-state index in [0.29, 0.717) is 11.1 Å². The van der Waals surface area contributed by atoms with Gasteiger partial charge in [0.1, 0.15) is 5.75 Å². The molecule has 0 saturated carbocycles. The van der Waals surface area contributed by atoms with Crippen molar-refractivity contribution in [1.29, 1.82) is 0 Å². The van der Waals surface area contributed by atoms with Gasteiger partial charge in [0, 0.05) is 40.7 Å². The quantitative estimate of drug-likeness (QED) is 0.181. The number of fused-ring (bicyclic) bond motifs is 2. The highest BCUT2D eigenvalue weighted by atomic mass is 19.4. The normalized spacial score (nSPS) is 16.9. The molecule has 0 heterocycles. The van der Waals surface area contributed by atoms with Crippen LogP contribution in [0.5, 0.6) is 5.75 Å². The van der Waals surface area contributed by atoms with E-state index >= 15 is 0 Å². The molecule has 2 aliphatic carbocycles. The van der Waals surface area contributed by atoms with Crippen LogP contribution < -0.4 is 26.8 Å². The Hall–Kier alpha value is -4.67. The average Bonchev–Trinajstić information content (AvgIpc) is 3.04. The molecule has 0 bridgehead atoms. The molecule has 2 amide bonds. The lowest BCUT2D eigenvalue weighted by molar-refractivity contribution is -0.274. The third kappa shape index (κ3) is 9.43. The van der Waals surface area contributed by atoms with E-state index < -0.39 is 6.36 Å². The standard InChI is InChI=1S/C19H22N2O.C18H17F3N2O2/c1-2-13-3-9-18(10-4-13)21-19(22)16-6-5-15-12-17(20)8-7-14(15)11-16;19-18(20,21)25-16-3-1-2-15(10-16)23-17(24)13-5-4-12-9-14(22)7-6-11(12)8-13/h3-6,9-11,17H,2,7-8,12,20H2,1H3,(H,21,22);1-5,8,10,14H,6-7,9,22H2,(H,23,24). The molecule has 47 heavy (non-hydrogen) atoms. The van der Waals surface area contributed by atoms with Crippen molar-refractivity contribution in [3.8, 4) is 5.75 Å². The van der Waals surface area contributed by atoms with Gasteiger partial charge < -0.3 is 26.8 Å². The van der Waals surface area contributed by atoms with Crippen LogP contribution in [0.25, 0.3) is 0 Å². The van der Waals surface area contributed by atoms with Gasteiger partial charge in [-0.15, -0.1) is 13.2 Å². The molecular weight excluding hydrogens is 605 g/mol. The summed E-state index contributed by atoms with van der Waals surface area (Å²) in [5, 5.41) is 5.55. The molecule has 6 N–H and O–H groups in total. The summed E-state index contributed by atoms with van der Waals surface area (Å²) in [5.74, 6) is -0.825. The van der Waals surface area contributed by atoms with Crippen molar-refractivity contribution in [3.63, 3.8) is 0 Å². The number of hydrogen-bond donors (Lipinski definition) is 4. The number of amides is 2. The number of aryl methyl sites for hydroxylation is 3. The molecule has 4 aromatic rings. The lowest BCUT2D eigenvalue weighted by Gasteiger charge is -2.21. The molecule has 0 radical (unpaired) electrons. The highest BCUT2D eigenvalue weighted by Gasteiger charge is 2.31. The molecule has 0 aliphatic heterocycles. The summed E-state index contributed by atoms with van der Waals surface area (Å²) >= 11 is 0. The molecule has 0 spiro atoms. The zero-order valence-corrected chi connectivity index (χ0v) is 26.2. The van der Waals surface area contributed by atoms with Gasteiger partial charge in [0.2, 0.25) is 0 Å². The maximum atomic E-state index is 12.4. The fraction of sp³-hybridized carbons (Fsp3) is 0.297. The van der Waals surface area contributed by atoms with Gasteiger partial charge in [0.15, 0.2) is 0 Å². The number of nitrogens with one attached hydrogen (secondary N) is 2. The number of rotatable bonds is 6. The monoisotopic (exact) mass is 644 g/mol. The number of carbonyl (C=O) groups excluding carboxylic acids is 2. The second-order valence-corrected chi connectivity index (χ2v) is 12.0. The van der Waals surface area contributed by atoms with Crippen molar-refractivity contribution >= 4 is 23.2 Å². The Morgan fingerprint density at radius 1 is 0.723 bits per heavy atom. The molecule has 2 atom stereocenters. The Balaban J connectivity index is 0.000000186. The smallest absolute Gasteiger partial charge is 0.406 e. The fourth-order valence-corrected chi connectivity index (χ4v) is 5.85. The first-order valence-electron chi connectivity index (χ1n) is 15.8. The summed E-state index contributed by atoms with van der Waals surface area (Å²) in [4.78, 5) is 24.7. The summed E-state index contributed by atoms with van der Waals surface area (Å²) in [6, 6.07) is 24.9.